The number of ether oxygens (including phenoxy) is 1. The molecule has 0 radical (unpaired) electrons. The van der Waals surface area contributed by atoms with Gasteiger partial charge in [-0.2, -0.15) is 0 Å². The number of nitrogens with one attached hydrogen (secondary N) is 1. The van der Waals surface area contributed by atoms with Crippen LogP contribution in [-0.2, 0) is 4.74 Å². The number of hydrogen-bond donors (Lipinski definition) is 1. The molecule has 4 aromatic rings. The number of carbonyl (C=O) groups excluding carboxylic acids is 1. The number of amides is 1. The number of hydrogen-bond acceptors (Lipinski definition) is 7. The van der Waals surface area contributed by atoms with Crippen LogP contribution in [0.1, 0.15) is 51.8 Å². The summed E-state index contributed by atoms with van der Waals surface area (Å²) in [7, 11) is 0. The molecule has 1 saturated heterocycles. The lowest BCUT2D eigenvalue weighted by atomic mass is 9.87. The standard InChI is InChI=1S/C25H27FN4O2S2/c1-24(2,3)32-23(31)30-9-7-15(25(30,4)5)20-10-14-17(6-8-27-22(14)34-20)29-18-12-19-21(11-16(18)26)33-13-28-19/h6,8,10-13,15H,7,9H2,1-5H3,(H,27,29). The van der Waals surface area contributed by atoms with Gasteiger partial charge < -0.3 is 15.0 Å². The predicted octanol–water partition coefficient (Wildman–Crippen LogP) is 7.29. The normalized spacial score (nSPS) is 18.1. The molecule has 0 spiro atoms. The zero-order valence-corrected chi connectivity index (χ0v) is 21.4. The number of benzene rings is 1. The van der Waals surface area contributed by atoms with Gasteiger partial charge in [-0.3, -0.25) is 0 Å². The van der Waals surface area contributed by atoms with Crippen LogP contribution in [0.3, 0.4) is 0 Å². The lowest BCUT2D eigenvalue weighted by molar-refractivity contribution is 0.0119. The number of aromatic nitrogens is 2. The molecule has 1 fully saturated rings. The number of thiophene rings is 1. The van der Waals surface area contributed by atoms with E-state index in [1.807, 2.05) is 31.7 Å². The summed E-state index contributed by atoms with van der Waals surface area (Å²) in [4.78, 5) is 25.6. The maximum absolute atomic E-state index is 14.7. The van der Waals surface area contributed by atoms with Crippen molar-refractivity contribution in [1.29, 1.82) is 0 Å². The van der Waals surface area contributed by atoms with Crippen LogP contribution in [0.5, 0.6) is 0 Å². The molecule has 3 aromatic heterocycles. The number of thiazole rings is 1. The van der Waals surface area contributed by atoms with E-state index in [1.54, 1.807) is 29.1 Å². The molecule has 1 aromatic carbocycles. The predicted molar refractivity (Wildman–Crippen MR) is 137 cm³/mol. The van der Waals surface area contributed by atoms with E-state index >= 15 is 0 Å². The molecule has 5 rings (SSSR count). The van der Waals surface area contributed by atoms with Crippen LogP contribution < -0.4 is 5.32 Å². The number of likely N-dealkylation sites (tertiary alicyclic amines) is 1. The van der Waals surface area contributed by atoms with E-state index in [0.717, 1.165) is 37.4 Å². The van der Waals surface area contributed by atoms with Crippen molar-refractivity contribution in [1.82, 2.24) is 14.9 Å². The lowest BCUT2D eigenvalue weighted by Gasteiger charge is -2.36. The summed E-state index contributed by atoms with van der Waals surface area (Å²) in [5.41, 5.74) is 2.72. The summed E-state index contributed by atoms with van der Waals surface area (Å²) in [6.07, 6.45) is 2.29. The summed E-state index contributed by atoms with van der Waals surface area (Å²) < 4.78 is 21.2. The molecule has 1 unspecified atom stereocenters. The Morgan fingerprint density at radius 1 is 1.24 bits per heavy atom. The van der Waals surface area contributed by atoms with E-state index in [-0.39, 0.29) is 17.8 Å². The summed E-state index contributed by atoms with van der Waals surface area (Å²) in [5, 5.41) is 4.18. The minimum Gasteiger partial charge on any atom is -0.444 e. The van der Waals surface area contributed by atoms with E-state index < -0.39 is 11.1 Å². The van der Waals surface area contributed by atoms with Crippen molar-refractivity contribution in [3.63, 3.8) is 0 Å². The first-order valence-corrected chi connectivity index (χ1v) is 12.9. The third-order valence-electron chi connectivity index (χ3n) is 6.29. The number of fused-ring (bicyclic) bond motifs is 2. The van der Waals surface area contributed by atoms with Gasteiger partial charge in [-0.15, -0.1) is 22.7 Å². The van der Waals surface area contributed by atoms with Gasteiger partial charge >= 0.3 is 6.09 Å². The first-order valence-electron chi connectivity index (χ1n) is 11.2. The number of anilines is 2. The van der Waals surface area contributed by atoms with E-state index in [4.69, 9.17) is 4.74 Å². The largest absolute Gasteiger partial charge is 0.444 e. The van der Waals surface area contributed by atoms with Crippen LogP contribution in [0.4, 0.5) is 20.6 Å². The van der Waals surface area contributed by atoms with E-state index in [2.05, 4.69) is 35.2 Å². The highest BCUT2D eigenvalue weighted by Crippen LogP contribution is 2.46. The average Bonchev–Trinajstić information content (AvgIpc) is 3.43. The number of pyridine rings is 1. The monoisotopic (exact) mass is 498 g/mol. The number of carbonyl (C=O) groups is 1. The fourth-order valence-electron chi connectivity index (χ4n) is 4.58. The molecule has 4 heterocycles. The van der Waals surface area contributed by atoms with Crippen molar-refractivity contribution in [3.05, 3.63) is 46.7 Å². The Kier molecular flexibility index (Phi) is 5.52. The Hall–Kier alpha value is -2.78. The molecule has 34 heavy (non-hydrogen) atoms. The number of rotatable bonds is 3. The number of nitrogens with zero attached hydrogens (tertiary/aromatic N) is 3. The highest BCUT2D eigenvalue weighted by Gasteiger charge is 2.46. The smallest absolute Gasteiger partial charge is 0.410 e. The van der Waals surface area contributed by atoms with Gasteiger partial charge in [0.2, 0.25) is 0 Å². The van der Waals surface area contributed by atoms with Crippen molar-refractivity contribution in [3.8, 4) is 0 Å². The quantitative estimate of drug-likeness (QED) is 0.321. The Balaban J connectivity index is 1.45. The molecule has 1 aliphatic rings. The molecular formula is C25H27FN4O2S2. The molecule has 6 nitrogen and oxygen atoms in total. The third kappa shape index (κ3) is 4.11. The minimum atomic E-state index is -0.538. The van der Waals surface area contributed by atoms with Gasteiger partial charge in [0.05, 0.1) is 27.1 Å². The van der Waals surface area contributed by atoms with Crippen LogP contribution in [0, 0.1) is 5.82 Å². The zero-order chi connectivity index (χ0) is 24.3. The molecular weight excluding hydrogens is 471 g/mol. The van der Waals surface area contributed by atoms with Gasteiger partial charge in [0.1, 0.15) is 16.2 Å². The SMILES string of the molecule is CC(C)(C)OC(=O)N1CCC(c2cc3c(Nc4cc5ncsc5cc4F)ccnc3s2)C1(C)C. The molecule has 1 atom stereocenters. The van der Waals surface area contributed by atoms with Crippen LogP contribution in [-0.4, -0.2) is 38.6 Å². The van der Waals surface area contributed by atoms with Crippen LogP contribution in [0.2, 0.25) is 0 Å². The molecule has 0 aliphatic carbocycles. The molecule has 0 bridgehead atoms. The van der Waals surface area contributed by atoms with Gasteiger partial charge in [-0.05, 0) is 65.3 Å². The Morgan fingerprint density at radius 2 is 2.03 bits per heavy atom. The molecule has 178 valence electrons. The first-order chi connectivity index (χ1) is 16.0. The minimum absolute atomic E-state index is 0.148. The summed E-state index contributed by atoms with van der Waals surface area (Å²) in [5.74, 6) is -0.169. The summed E-state index contributed by atoms with van der Waals surface area (Å²) >= 11 is 3.04. The van der Waals surface area contributed by atoms with Gasteiger partial charge in [-0.1, -0.05) is 0 Å². The second kappa shape index (κ2) is 8.16. The lowest BCUT2D eigenvalue weighted by Crippen LogP contribution is -2.47. The summed E-state index contributed by atoms with van der Waals surface area (Å²) in [6, 6.07) is 7.23. The zero-order valence-electron chi connectivity index (χ0n) is 19.8. The van der Waals surface area contributed by atoms with Gasteiger partial charge in [0.25, 0.3) is 0 Å². The molecule has 1 aliphatic heterocycles. The third-order valence-corrected chi connectivity index (χ3v) is 8.24. The fourth-order valence-corrected chi connectivity index (χ4v) is 6.60. The molecule has 9 heteroatoms. The van der Waals surface area contributed by atoms with Crippen LogP contribution in [0.15, 0.2) is 36.0 Å². The Bertz CT molecular complexity index is 1390. The van der Waals surface area contributed by atoms with Gasteiger partial charge in [0.15, 0.2) is 0 Å². The highest BCUT2D eigenvalue weighted by molar-refractivity contribution is 7.18. The van der Waals surface area contributed by atoms with Crippen molar-refractivity contribution < 1.29 is 13.9 Å². The first kappa shape index (κ1) is 23.0. The van der Waals surface area contributed by atoms with Crippen molar-refractivity contribution in [2.75, 3.05) is 11.9 Å². The highest BCUT2D eigenvalue weighted by atomic mass is 32.1. The van der Waals surface area contributed by atoms with E-state index in [0.29, 0.717) is 12.2 Å². The van der Waals surface area contributed by atoms with Crippen molar-refractivity contribution in [2.24, 2.45) is 0 Å². The molecule has 1 N–H and O–H groups in total. The Morgan fingerprint density at radius 3 is 2.79 bits per heavy atom. The second-order valence-corrected chi connectivity index (χ2v) is 12.1. The topological polar surface area (TPSA) is 67.3 Å². The summed E-state index contributed by atoms with van der Waals surface area (Å²) in [6.45, 7) is 10.5. The maximum atomic E-state index is 14.7. The fraction of sp³-hybridized carbons (Fsp3) is 0.400. The van der Waals surface area contributed by atoms with Crippen LogP contribution in [0.25, 0.3) is 20.4 Å². The average molecular weight is 499 g/mol. The second-order valence-electron chi connectivity index (χ2n) is 10.1. The maximum Gasteiger partial charge on any atom is 0.410 e. The van der Waals surface area contributed by atoms with E-state index in [1.165, 1.54) is 17.4 Å². The Labute approximate surface area is 205 Å². The van der Waals surface area contributed by atoms with E-state index in [9.17, 15) is 9.18 Å². The van der Waals surface area contributed by atoms with Crippen LogP contribution >= 0.6 is 22.7 Å². The van der Waals surface area contributed by atoms with Gasteiger partial charge in [0, 0.05) is 34.5 Å². The number of halogens is 1. The molecule has 0 saturated carbocycles. The molecule has 1 amide bonds. The van der Waals surface area contributed by atoms with Crippen molar-refractivity contribution >= 4 is 60.6 Å². The van der Waals surface area contributed by atoms with Crippen molar-refractivity contribution in [2.45, 2.75) is 58.1 Å². The van der Waals surface area contributed by atoms with Gasteiger partial charge in [-0.25, -0.2) is 19.2 Å².